The van der Waals surface area contributed by atoms with Crippen molar-refractivity contribution >= 4 is 23.6 Å². The molecule has 2 atom stereocenters. The maximum atomic E-state index is 10.4. The lowest BCUT2D eigenvalue weighted by Gasteiger charge is -2.09. The number of rotatable bonds is 12. The molecule has 0 aromatic heterocycles. The third kappa shape index (κ3) is 13.6. The first-order chi connectivity index (χ1) is 11.2. The van der Waals surface area contributed by atoms with Crippen LogP contribution in [-0.4, -0.2) is 65.5 Å². The highest BCUT2D eigenvalue weighted by Gasteiger charge is 2.08. The molecule has 0 heterocycles. The molecule has 25 heavy (non-hydrogen) atoms. The quantitative estimate of drug-likeness (QED) is 0.205. The molecule has 0 aliphatic heterocycles. The van der Waals surface area contributed by atoms with Crippen molar-refractivity contribution in [2.45, 2.75) is 26.7 Å². The van der Waals surface area contributed by atoms with E-state index in [1.165, 1.54) is 0 Å². The van der Waals surface area contributed by atoms with Crippen LogP contribution >= 0.6 is 0 Å². The average molecular weight is 360 g/mol. The maximum Gasteiger partial charge on any atom is 0.305 e. The summed E-state index contributed by atoms with van der Waals surface area (Å²) in [6.45, 7) is 4.61. The van der Waals surface area contributed by atoms with E-state index >= 15 is 0 Å². The van der Waals surface area contributed by atoms with E-state index in [9.17, 15) is 9.59 Å². The number of hydrogen-bond donors (Lipinski definition) is 4. The Morgan fingerprint density at radius 1 is 0.840 bits per heavy atom. The summed E-state index contributed by atoms with van der Waals surface area (Å²) < 4.78 is 0. The second-order valence-electron chi connectivity index (χ2n) is 5.35. The van der Waals surface area contributed by atoms with Gasteiger partial charge in [-0.05, 0) is 0 Å². The summed E-state index contributed by atoms with van der Waals surface area (Å²) in [5, 5.41) is 25.1. The van der Waals surface area contributed by atoms with Gasteiger partial charge in [-0.15, -0.1) is 0 Å². The van der Waals surface area contributed by atoms with Crippen LogP contribution in [0.5, 0.6) is 0 Å². The Hall–Kier alpha value is -2.56. The first-order valence-electron chi connectivity index (χ1n) is 7.60. The molecule has 0 aliphatic rings. The Labute approximate surface area is 146 Å². The molecule has 11 heteroatoms. The number of amidine groups is 2. The van der Waals surface area contributed by atoms with Gasteiger partial charge in [0.15, 0.2) is 0 Å². The van der Waals surface area contributed by atoms with E-state index in [2.05, 4.69) is 20.2 Å². The lowest BCUT2D eigenvalue weighted by Crippen LogP contribution is -2.25. The molecule has 0 fully saturated rings. The van der Waals surface area contributed by atoms with Gasteiger partial charge in [0.25, 0.3) is 0 Å². The van der Waals surface area contributed by atoms with Gasteiger partial charge in [-0.3, -0.25) is 19.6 Å². The number of aliphatic imine (C=N–C) groups is 2. The normalized spacial score (nSPS) is 14.8. The number of carboxylic acids is 2. The van der Waals surface area contributed by atoms with Crippen LogP contribution in [0.3, 0.4) is 0 Å². The summed E-state index contributed by atoms with van der Waals surface area (Å²) in [6.07, 6.45) is -0.125. The van der Waals surface area contributed by atoms with E-state index in [1.54, 1.807) is 0 Å². The summed E-state index contributed by atoms with van der Waals surface area (Å²) >= 11 is 0. The van der Waals surface area contributed by atoms with Gasteiger partial charge >= 0.3 is 11.9 Å². The van der Waals surface area contributed by atoms with Gasteiger partial charge in [-0.1, -0.05) is 13.8 Å². The van der Waals surface area contributed by atoms with Crippen molar-refractivity contribution in [3.05, 3.63) is 0 Å². The van der Waals surface area contributed by atoms with Crippen LogP contribution in [0.25, 0.3) is 0 Å². The maximum absolute atomic E-state index is 10.4. The largest absolute Gasteiger partial charge is 0.481 e. The van der Waals surface area contributed by atoms with Crippen molar-refractivity contribution in [3.8, 4) is 0 Å². The highest BCUT2D eigenvalue weighted by molar-refractivity contribution is 5.83. The molecule has 144 valence electrons. The van der Waals surface area contributed by atoms with Gasteiger partial charge in [0.05, 0.1) is 50.7 Å². The fraction of sp³-hybridized carbons (Fsp3) is 0.714. The molecule has 0 bridgehead atoms. The lowest BCUT2D eigenvalue weighted by molar-refractivity contribution is -0.137. The van der Waals surface area contributed by atoms with Crippen molar-refractivity contribution < 1.29 is 25.3 Å². The van der Waals surface area contributed by atoms with Crippen LogP contribution in [0.15, 0.2) is 20.2 Å². The molecule has 11 nitrogen and oxygen atoms in total. The number of nitrogens with zero attached hydrogens (tertiary/aromatic N) is 4. The fourth-order valence-electron chi connectivity index (χ4n) is 1.42. The second kappa shape index (κ2) is 13.8. The molecular formula is C14H28N6O5. The van der Waals surface area contributed by atoms with Gasteiger partial charge in [-0.25, -0.2) is 0 Å². The second-order valence-corrected chi connectivity index (χ2v) is 5.35. The van der Waals surface area contributed by atoms with E-state index < -0.39 is 11.9 Å². The van der Waals surface area contributed by atoms with Crippen LogP contribution < -0.4 is 11.5 Å². The molecule has 0 rings (SSSR count). The summed E-state index contributed by atoms with van der Waals surface area (Å²) in [6, 6.07) is 0. The van der Waals surface area contributed by atoms with Gasteiger partial charge in [-0.2, -0.15) is 10.2 Å². The van der Waals surface area contributed by atoms with Crippen molar-refractivity contribution in [1.29, 1.82) is 0 Å². The number of nitrogens with two attached hydrogens (primary N) is 2. The van der Waals surface area contributed by atoms with Crippen LogP contribution in [-0.2, 0) is 9.59 Å². The number of carbonyl (C=O) groups is 2. The van der Waals surface area contributed by atoms with E-state index in [0.717, 1.165) is 0 Å². The van der Waals surface area contributed by atoms with Crippen molar-refractivity contribution in [1.82, 2.24) is 0 Å². The predicted octanol–water partition coefficient (Wildman–Crippen LogP) is -0.450. The molecule has 2 unspecified atom stereocenters. The topological polar surface area (TPSA) is 208 Å². The monoisotopic (exact) mass is 360 g/mol. The van der Waals surface area contributed by atoms with Crippen LogP contribution in [0.2, 0.25) is 0 Å². The summed E-state index contributed by atoms with van der Waals surface area (Å²) in [5.74, 6) is -1.43. The van der Waals surface area contributed by atoms with Crippen molar-refractivity contribution in [2.75, 3.05) is 26.2 Å². The van der Waals surface area contributed by atoms with E-state index in [1.807, 2.05) is 13.8 Å². The molecule has 8 N–H and O–H groups in total. The van der Waals surface area contributed by atoms with Gasteiger partial charge < -0.3 is 27.2 Å². The van der Waals surface area contributed by atoms with Gasteiger partial charge in [0, 0.05) is 11.8 Å². The van der Waals surface area contributed by atoms with Crippen molar-refractivity contribution in [3.63, 3.8) is 0 Å². The SMILES string of the molecule is CC(CN=NCC(C)C(N)=NCCC(=O)O)C(N)=NCCC(=O)O.O. The third-order valence-corrected chi connectivity index (χ3v) is 3.06. The van der Waals surface area contributed by atoms with E-state index in [4.69, 9.17) is 21.7 Å². The average Bonchev–Trinajstić information content (AvgIpc) is 2.49. The summed E-state index contributed by atoms with van der Waals surface area (Å²) in [5.41, 5.74) is 11.5. The minimum atomic E-state index is -0.921. The highest BCUT2D eigenvalue weighted by Crippen LogP contribution is 2.01. The Kier molecular flexibility index (Phi) is 13.7. The number of carboxylic acid groups (broad SMARTS) is 2. The highest BCUT2D eigenvalue weighted by atomic mass is 16.4. The van der Waals surface area contributed by atoms with Crippen LogP contribution in [0.4, 0.5) is 0 Å². The smallest absolute Gasteiger partial charge is 0.305 e. The summed E-state index contributed by atoms with van der Waals surface area (Å²) in [7, 11) is 0. The molecule has 0 amide bonds. The fourth-order valence-corrected chi connectivity index (χ4v) is 1.42. The number of aliphatic carboxylic acids is 2. The molecule has 0 aromatic rings. The van der Waals surface area contributed by atoms with E-state index in [-0.39, 0.29) is 43.2 Å². The van der Waals surface area contributed by atoms with Crippen molar-refractivity contribution in [2.24, 2.45) is 43.5 Å². The molecule has 0 aliphatic carbocycles. The molecule has 0 spiro atoms. The van der Waals surface area contributed by atoms with Crippen LogP contribution in [0, 0.1) is 11.8 Å². The van der Waals surface area contributed by atoms with Gasteiger partial charge in [0.2, 0.25) is 0 Å². The third-order valence-electron chi connectivity index (χ3n) is 3.06. The zero-order chi connectivity index (χ0) is 18.5. The molecule has 0 saturated carbocycles. The molecule has 0 radical (unpaired) electrons. The first kappa shape index (κ1) is 24.7. The number of azo groups is 1. The molecule has 0 aromatic carbocycles. The number of hydrogen-bond acceptors (Lipinski definition) is 6. The Bertz CT molecular complexity index is 462. The minimum Gasteiger partial charge on any atom is -0.481 e. The Balaban J connectivity index is 0. The standard InChI is InChI=1S/C14H26N6O4.H2O/c1-9(13(15)17-5-3-11(21)22)7-19-20-8-10(2)14(16)18-6-4-12(23)24;/h9-10H,3-8H2,1-2H3,(H2,15,17)(H2,16,18)(H,21,22)(H,23,24);1H2. The molecule has 0 saturated heterocycles. The first-order valence-corrected chi connectivity index (χ1v) is 7.60. The zero-order valence-corrected chi connectivity index (χ0v) is 14.6. The van der Waals surface area contributed by atoms with Gasteiger partial charge in [0.1, 0.15) is 0 Å². The summed E-state index contributed by atoms with van der Waals surface area (Å²) in [4.78, 5) is 28.7. The zero-order valence-electron chi connectivity index (χ0n) is 14.6. The predicted molar refractivity (Wildman–Crippen MR) is 94.0 cm³/mol. The van der Waals surface area contributed by atoms with Crippen LogP contribution in [0.1, 0.15) is 26.7 Å². The minimum absolute atomic E-state index is 0. The Morgan fingerprint density at radius 2 is 1.16 bits per heavy atom. The Morgan fingerprint density at radius 3 is 1.44 bits per heavy atom. The lowest BCUT2D eigenvalue weighted by atomic mass is 10.1. The molecular weight excluding hydrogens is 332 g/mol. The van der Waals surface area contributed by atoms with E-state index in [0.29, 0.717) is 24.8 Å².